The summed E-state index contributed by atoms with van der Waals surface area (Å²) in [5.41, 5.74) is 1.09. The molecule has 2 aromatic rings. The first kappa shape index (κ1) is 23.5. The molecule has 3 nitrogen and oxygen atoms in total. The molecule has 0 heterocycles. The van der Waals surface area contributed by atoms with Crippen molar-refractivity contribution in [3.63, 3.8) is 0 Å². The molecule has 2 aromatic carbocycles. The van der Waals surface area contributed by atoms with E-state index in [0.29, 0.717) is 22.7 Å². The summed E-state index contributed by atoms with van der Waals surface area (Å²) in [6, 6.07) is 7.41. The fraction of sp³-hybridized carbons (Fsp3) is 0.368. The van der Waals surface area contributed by atoms with Crippen LogP contribution in [0.5, 0.6) is 0 Å². The number of ether oxygens (including phenoxy) is 1. The zero-order valence-electron chi connectivity index (χ0n) is 14.9. The highest BCUT2D eigenvalue weighted by molar-refractivity contribution is 6.30. The summed E-state index contributed by atoms with van der Waals surface area (Å²) in [6.07, 6.45) is -9.85. The molecule has 0 amide bonds. The second-order valence-corrected chi connectivity index (χ2v) is 6.92. The molecule has 0 spiro atoms. The van der Waals surface area contributed by atoms with Gasteiger partial charge in [0.25, 0.3) is 0 Å². The van der Waals surface area contributed by atoms with Crippen LogP contribution in [0.2, 0.25) is 5.02 Å². The van der Waals surface area contributed by atoms with Crippen LogP contribution in [0.15, 0.2) is 42.5 Å². The largest absolute Gasteiger partial charge is 0.416 e. The molecule has 0 aliphatic rings. The van der Waals surface area contributed by atoms with Crippen LogP contribution in [0, 0.1) is 0 Å². The minimum Gasteiger partial charge on any atom is -0.383 e. The Morgan fingerprint density at radius 2 is 1.48 bits per heavy atom. The maximum Gasteiger partial charge on any atom is 0.416 e. The summed E-state index contributed by atoms with van der Waals surface area (Å²) in [5, 5.41) is 11.2. The van der Waals surface area contributed by atoms with Gasteiger partial charge in [0.05, 0.1) is 24.3 Å². The molecule has 160 valence electrons. The van der Waals surface area contributed by atoms with Gasteiger partial charge in [-0.05, 0) is 54.4 Å². The van der Waals surface area contributed by atoms with Crippen LogP contribution in [-0.2, 0) is 29.3 Å². The third-order valence-corrected chi connectivity index (χ3v) is 4.41. The lowest BCUT2D eigenvalue weighted by Crippen LogP contribution is -2.34. The van der Waals surface area contributed by atoms with E-state index in [0.717, 1.165) is 0 Å². The van der Waals surface area contributed by atoms with Crippen LogP contribution in [0.25, 0.3) is 0 Å². The number of rotatable bonds is 7. The van der Waals surface area contributed by atoms with Crippen LogP contribution in [0.4, 0.5) is 26.3 Å². The Kier molecular flexibility index (Phi) is 7.21. The van der Waals surface area contributed by atoms with E-state index >= 15 is 0 Å². The minimum absolute atomic E-state index is 0.0419. The molecule has 0 aliphatic carbocycles. The fourth-order valence-electron chi connectivity index (χ4n) is 2.76. The molecule has 10 heteroatoms. The summed E-state index contributed by atoms with van der Waals surface area (Å²) >= 11 is 5.90. The number of nitrogens with two attached hydrogens (primary N) is 1. The highest BCUT2D eigenvalue weighted by atomic mass is 35.5. The third kappa shape index (κ3) is 6.33. The van der Waals surface area contributed by atoms with E-state index in [1.165, 1.54) is 6.07 Å². The van der Waals surface area contributed by atoms with Crippen molar-refractivity contribution in [1.29, 1.82) is 0 Å². The van der Waals surface area contributed by atoms with E-state index in [4.69, 9.17) is 22.1 Å². The Hall–Kier alpha value is -1.81. The summed E-state index contributed by atoms with van der Waals surface area (Å²) < 4.78 is 82.9. The van der Waals surface area contributed by atoms with E-state index in [9.17, 15) is 31.4 Å². The summed E-state index contributed by atoms with van der Waals surface area (Å²) in [5.74, 6) is 0. The van der Waals surface area contributed by atoms with Gasteiger partial charge in [-0.3, -0.25) is 0 Å². The highest BCUT2D eigenvalue weighted by Gasteiger charge is 2.37. The molecule has 0 radical (unpaired) electrons. The predicted octanol–water partition coefficient (Wildman–Crippen LogP) is 5.13. The van der Waals surface area contributed by atoms with Crippen molar-refractivity contribution < 1.29 is 36.2 Å². The van der Waals surface area contributed by atoms with E-state index in [1.807, 2.05) is 0 Å². The lowest BCUT2D eigenvalue weighted by molar-refractivity contribution is -0.143. The van der Waals surface area contributed by atoms with Crippen molar-refractivity contribution in [3.8, 4) is 0 Å². The van der Waals surface area contributed by atoms with E-state index in [2.05, 4.69) is 0 Å². The SMILES string of the molecule is NCCC(O)(COCc1cc(C(F)(F)F)cc(C(F)(F)F)c1)c1cccc(Cl)c1. The van der Waals surface area contributed by atoms with Gasteiger partial charge >= 0.3 is 12.4 Å². The maximum absolute atomic E-state index is 12.9. The van der Waals surface area contributed by atoms with E-state index < -0.39 is 42.3 Å². The van der Waals surface area contributed by atoms with Gasteiger partial charge in [0, 0.05) is 5.02 Å². The van der Waals surface area contributed by atoms with Crippen molar-refractivity contribution in [2.45, 2.75) is 31.0 Å². The van der Waals surface area contributed by atoms with Gasteiger partial charge in [0.2, 0.25) is 0 Å². The molecule has 0 aromatic heterocycles. The second-order valence-electron chi connectivity index (χ2n) is 6.49. The summed E-state index contributed by atoms with van der Waals surface area (Å²) in [4.78, 5) is 0. The number of hydrogen-bond acceptors (Lipinski definition) is 3. The lowest BCUT2D eigenvalue weighted by atomic mass is 9.91. The number of alkyl halides is 6. The minimum atomic E-state index is -4.95. The first-order chi connectivity index (χ1) is 13.3. The molecular formula is C19H18ClF6NO2. The summed E-state index contributed by atoms with van der Waals surface area (Å²) in [6.45, 7) is -0.906. The van der Waals surface area contributed by atoms with Gasteiger partial charge in [-0.25, -0.2) is 0 Å². The van der Waals surface area contributed by atoms with Gasteiger partial charge in [-0.15, -0.1) is 0 Å². The first-order valence-corrected chi connectivity index (χ1v) is 8.77. The van der Waals surface area contributed by atoms with Crippen molar-refractivity contribution in [2.75, 3.05) is 13.2 Å². The monoisotopic (exact) mass is 441 g/mol. The van der Waals surface area contributed by atoms with Gasteiger partial charge in [-0.1, -0.05) is 23.7 Å². The molecular weight excluding hydrogens is 424 g/mol. The standard InChI is InChI=1S/C19H18ClF6NO2/c20-16-3-1-2-13(9-16)17(28,4-5-27)11-29-10-12-6-14(18(21,22)23)8-15(7-12)19(24,25)26/h1-3,6-9,28H,4-5,10-11,27H2. The molecule has 1 atom stereocenters. The van der Waals surface area contributed by atoms with Gasteiger partial charge < -0.3 is 15.6 Å². The van der Waals surface area contributed by atoms with Gasteiger partial charge in [-0.2, -0.15) is 26.3 Å². The van der Waals surface area contributed by atoms with Crippen molar-refractivity contribution in [3.05, 3.63) is 69.7 Å². The van der Waals surface area contributed by atoms with Gasteiger partial charge in [0.1, 0.15) is 5.60 Å². The second kappa shape index (κ2) is 8.91. The van der Waals surface area contributed by atoms with Crippen LogP contribution >= 0.6 is 11.6 Å². The Morgan fingerprint density at radius 3 is 1.97 bits per heavy atom. The Morgan fingerprint density at radius 1 is 0.897 bits per heavy atom. The smallest absolute Gasteiger partial charge is 0.383 e. The van der Waals surface area contributed by atoms with Crippen molar-refractivity contribution >= 4 is 11.6 Å². The average Bonchev–Trinajstić information content (AvgIpc) is 2.60. The fourth-order valence-corrected chi connectivity index (χ4v) is 2.95. The quantitative estimate of drug-likeness (QED) is 0.586. The van der Waals surface area contributed by atoms with Crippen LogP contribution in [0.3, 0.4) is 0 Å². The number of benzene rings is 2. The Balaban J connectivity index is 2.23. The van der Waals surface area contributed by atoms with Crippen LogP contribution < -0.4 is 5.73 Å². The molecule has 2 rings (SSSR count). The molecule has 29 heavy (non-hydrogen) atoms. The molecule has 0 saturated heterocycles. The van der Waals surface area contributed by atoms with Crippen molar-refractivity contribution in [2.24, 2.45) is 5.73 Å². The van der Waals surface area contributed by atoms with E-state index in [-0.39, 0.29) is 24.6 Å². The number of halogens is 7. The van der Waals surface area contributed by atoms with E-state index in [1.54, 1.807) is 18.2 Å². The van der Waals surface area contributed by atoms with Crippen molar-refractivity contribution in [1.82, 2.24) is 0 Å². The summed E-state index contributed by atoms with van der Waals surface area (Å²) in [7, 11) is 0. The molecule has 0 fully saturated rings. The number of hydrogen-bond donors (Lipinski definition) is 2. The zero-order chi connectivity index (χ0) is 21.9. The normalized spacial score (nSPS) is 14.7. The Bertz CT molecular complexity index is 808. The molecule has 3 N–H and O–H groups in total. The molecule has 1 unspecified atom stereocenters. The van der Waals surface area contributed by atoms with Crippen LogP contribution in [0.1, 0.15) is 28.7 Å². The molecule has 0 saturated carbocycles. The first-order valence-electron chi connectivity index (χ1n) is 8.40. The molecule has 0 aliphatic heterocycles. The lowest BCUT2D eigenvalue weighted by Gasteiger charge is -2.28. The van der Waals surface area contributed by atoms with Gasteiger partial charge in [0.15, 0.2) is 0 Å². The zero-order valence-corrected chi connectivity index (χ0v) is 15.7. The average molecular weight is 442 g/mol. The Labute approximate surface area is 168 Å². The maximum atomic E-state index is 12.9. The topological polar surface area (TPSA) is 55.5 Å². The molecule has 0 bridgehead atoms. The van der Waals surface area contributed by atoms with Crippen LogP contribution in [-0.4, -0.2) is 18.3 Å². The number of aliphatic hydroxyl groups is 1. The predicted molar refractivity (Wildman–Crippen MR) is 95.1 cm³/mol. The highest BCUT2D eigenvalue weighted by Crippen LogP contribution is 2.36. The third-order valence-electron chi connectivity index (χ3n) is 4.18.